The Hall–Kier alpha value is -3.02. The number of aromatic nitrogens is 1. The molecule has 4 nitrogen and oxygen atoms in total. The van der Waals surface area contributed by atoms with E-state index < -0.39 is 17.5 Å². The highest BCUT2D eigenvalue weighted by Gasteiger charge is 2.11. The van der Waals surface area contributed by atoms with Crippen LogP contribution in [-0.4, -0.2) is 17.4 Å². The molecule has 2 N–H and O–H groups in total. The number of halogens is 2. The Balaban J connectivity index is 1.72. The number of anilines is 2. The van der Waals surface area contributed by atoms with Crippen LogP contribution >= 0.6 is 0 Å². The first kappa shape index (κ1) is 14.9. The summed E-state index contributed by atoms with van der Waals surface area (Å²) in [5.41, 5.74) is 0.878. The molecule has 116 valence electrons. The van der Waals surface area contributed by atoms with Crippen LogP contribution in [0, 0.1) is 11.6 Å². The first-order valence-corrected chi connectivity index (χ1v) is 6.96. The van der Waals surface area contributed by atoms with E-state index in [1.165, 1.54) is 6.07 Å². The van der Waals surface area contributed by atoms with Crippen molar-refractivity contribution in [3.63, 3.8) is 0 Å². The Morgan fingerprint density at radius 2 is 1.70 bits per heavy atom. The van der Waals surface area contributed by atoms with Gasteiger partial charge in [0.2, 0.25) is 5.91 Å². The number of para-hydroxylation sites is 2. The number of amides is 1. The van der Waals surface area contributed by atoms with Crippen LogP contribution in [0.2, 0.25) is 0 Å². The van der Waals surface area contributed by atoms with Crippen LogP contribution in [0.3, 0.4) is 0 Å². The third kappa shape index (κ3) is 3.26. The quantitative estimate of drug-likeness (QED) is 0.774. The monoisotopic (exact) mass is 313 g/mol. The van der Waals surface area contributed by atoms with Gasteiger partial charge in [-0.2, -0.15) is 0 Å². The summed E-state index contributed by atoms with van der Waals surface area (Å²) in [5, 5.41) is 6.04. The van der Waals surface area contributed by atoms with Crippen molar-refractivity contribution in [3.05, 3.63) is 66.4 Å². The third-order valence-corrected chi connectivity index (χ3v) is 3.30. The number of nitrogens with one attached hydrogen (secondary N) is 2. The van der Waals surface area contributed by atoms with Gasteiger partial charge in [-0.1, -0.05) is 24.3 Å². The summed E-state index contributed by atoms with van der Waals surface area (Å²) in [6.07, 6.45) is 1.63. The molecular formula is C17H13F2N3O. The first-order chi connectivity index (χ1) is 11.1. The average molecular weight is 313 g/mol. The second kappa shape index (κ2) is 6.39. The van der Waals surface area contributed by atoms with Gasteiger partial charge < -0.3 is 10.6 Å². The summed E-state index contributed by atoms with van der Waals surface area (Å²) in [5.74, 6) is -1.92. The van der Waals surface area contributed by atoms with Gasteiger partial charge in [-0.3, -0.25) is 9.78 Å². The molecule has 3 rings (SSSR count). The van der Waals surface area contributed by atoms with Crippen molar-refractivity contribution in [2.45, 2.75) is 0 Å². The van der Waals surface area contributed by atoms with E-state index in [-0.39, 0.29) is 12.2 Å². The van der Waals surface area contributed by atoms with E-state index in [9.17, 15) is 13.6 Å². The molecule has 3 aromatic rings. The minimum atomic E-state index is -0.746. The van der Waals surface area contributed by atoms with Crippen LogP contribution in [0.4, 0.5) is 20.2 Å². The van der Waals surface area contributed by atoms with Gasteiger partial charge in [-0.05, 0) is 24.3 Å². The molecule has 0 atom stereocenters. The molecule has 0 aliphatic rings. The predicted octanol–water partition coefficient (Wildman–Crippen LogP) is 3.56. The maximum Gasteiger partial charge on any atom is 0.243 e. The van der Waals surface area contributed by atoms with E-state index in [0.29, 0.717) is 11.2 Å². The standard InChI is InChI=1S/C17H13F2N3O/c18-12-6-2-7-13(19)17(12)21-10-15(23)22-14-8-1-4-11-5-3-9-20-16(11)14/h1-9,21H,10H2,(H,22,23). The molecule has 1 aromatic heterocycles. The molecule has 23 heavy (non-hydrogen) atoms. The molecule has 6 heteroatoms. The lowest BCUT2D eigenvalue weighted by atomic mass is 10.2. The highest BCUT2D eigenvalue weighted by atomic mass is 19.1. The number of hydrogen-bond acceptors (Lipinski definition) is 3. The van der Waals surface area contributed by atoms with Crippen molar-refractivity contribution < 1.29 is 13.6 Å². The van der Waals surface area contributed by atoms with Gasteiger partial charge in [-0.15, -0.1) is 0 Å². The molecule has 0 spiro atoms. The zero-order chi connectivity index (χ0) is 16.2. The van der Waals surface area contributed by atoms with E-state index in [4.69, 9.17) is 0 Å². The highest BCUT2D eigenvalue weighted by Crippen LogP contribution is 2.21. The van der Waals surface area contributed by atoms with E-state index in [1.807, 2.05) is 12.1 Å². The molecule has 0 fully saturated rings. The topological polar surface area (TPSA) is 54.0 Å². The summed E-state index contributed by atoms with van der Waals surface area (Å²) in [4.78, 5) is 16.2. The van der Waals surface area contributed by atoms with Crippen LogP contribution in [0.1, 0.15) is 0 Å². The largest absolute Gasteiger partial charge is 0.371 e. The molecule has 1 heterocycles. The number of hydrogen-bond donors (Lipinski definition) is 2. The molecule has 0 radical (unpaired) electrons. The first-order valence-electron chi connectivity index (χ1n) is 6.96. The van der Waals surface area contributed by atoms with Gasteiger partial charge >= 0.3 is 0 Å². The molecule has 0 aliphatic heterocycles. The van der Waals surface area contributed by atoms with Crippen LogP contribution in [0.5, 0.6) is 0 Å². The highest BCUT2D eigenvalue weighted by molar-refractivity contribution is 6.01. The second-order valence-corrected chi connectivity index (χ2v) is 4.88. The predicted molar refractivity (Wildman–Crippen MR) is 85.2 cm³/mol. The van der Waals surface area contributed by atoms with Gasteiger partial charge in [0.15, 0.2) is 0 Å². The third-order valence-electron chi connectivity index (χ3n) is 3.30. The maximum atomic E-state index is 13.5. The van der Waals surface area contributed by atoms with E-state index >= 15 is 0 Å². The Bertz CT molecular complexity index is 842. The Kier molecular flexibility index (Phi) is 4.14. The molecule has 1 amide bonds. The number of nitrogens with zero attached hydrogens (tertiary/aromatic N) is 1. The van der Waals surface area contributed by atoms with Crippen LogP contribution in [0.15, 0.2) is 54.7 Å². The molecule has 0 unspecified atom stereocenters. The fraction of sp³-hybridized carbons (Fsp3) is 0.0588. The normalized spacial score (nSPS) is 10.5. The maximum absolute atomic E-state index is 13.5. The minimum Gasteiger partial charge on any atom is -0.371 e. The van der Waals surface area contributed by atoms with E-state index in [1.54, 1.807) is 24.4 Å². The molecular weight excluding hydrogens is 300 g/mol. The SMILES string of the molecule is O=C(CNc1c(F)cccc1F)Nc1cccc2cccnc12. The molecule has 0 saturated heterocycles. The number of rotatable bonds is 4. The summed E-state index contributed by atoms with van der Waals surface area (Å²) in [7, 11) is 0. The second-order valence-electron chi connectivity index (χ2n) is 4.88. The van der Waals surface area contributed by atoms with Gasteiger partial charge in [0.05, 0.1) is 17.7 Å². The number of carbonyl (C=O) groups excluding carboxylic acids is 1. The Morgan fingerprint density at radius 3 is 2.48 bits per heavy atom. The zero-order valence-corrected chi connectivity index (χ0v) is 12.0. The van der Waals surface area contributed by atoms with Gasteiger partial charge in [-0.25, -0.2) is 8.78 Å². The molecule has 0 bridgehead atoms. The summed E-state index contributed by atoms with van der Waals surface area (Å²) in [6, 6.07) is 12.6. The molecule has 0 aliphatic carbocycles. The van der Waals surface area contributed by atoms with E-state index in [0.717, 1.165) is 17.5 Å². The van der Waals surface area contributed by atoms with Crippen molar-refractivity contribution in [2.75, 3.05) is 17.2 Å². The summed E-state index contributed by atoms with van der Waals surface area (Å²) >= 11 is 0. The lowest BCUT2D eigenvalue weighted by molar-refractivity contribution is -0.114. The van der Waals surface area contributed by atoms with Crippen molar-refractivity contribution >= 4 is 28.2 Å². The number of pyridine rings is 1. The zero-order valence-electron chi connectivity index (χ0n) is 12.0. The van der Waals surface area contributed by atoms with Gasteiger partial charge in [0.1, 0.15) is 17.3 Å². The lowest BCUT2D eigenvalue weighted by Crippen LogP contribution is -2.22. The average Bonchev–Trinajstić information content (AvgIpc) is 2.55. The van der Waals surface area contributed by atoms with Crippen molar-refractivity contribution in [2.24, 2.45) is 0 Å². The van der Waals surface area contributed by atoms with Gasteiger partial charge in [0.25, 0.3) is 0 Å². The number of benzene rings is 2. The number of fused-ring (bicyclic) bond motifs is 1. The van der Waals surface area contributed by atoms with Crippen LogP contribution in [0.25, 0.3) is 10.9 Å². The smallest absolute Gasteiger partial charge is 0.243 e. The summed E-state index contributed by atoms with van der Waals surface area (Å²) < 4.78 is 27.0. The Labute approximate surface area is 131 Å². The van der Waals surface area contributed by atoms with Crippen molar-refractivity contribution in [3.8, 4) is 0 Å². The minimum absolute atomic E-state index is 0.263. The molecule has 0 saturated carbocycles. The number of carbonyl (C=O) groups is 1. The van der Waals surface area contributed by atoms with Crippen molar-refractivity contribution in [1.82, 2.24) is 4.98 Å². The Morgan fingerprint density at radius 1 is 1.00 bits per heavy atom. The summed E-state index contributed by atoms with van der Waals surface area (Å²) in [6.45, 7) is -0.263. The van der Waals surface area contributed by atoms with Gasteiger partial charge in [0, 0.05) is 11.6 Å². The van der Waals surface area contributed by atoms with E-state index in [2.05, 4.69) is 15.6 Å². The van der Waals surface area contributed by atoms with Crippen molar-refractivity contribution in [1.29, 1.82) is 0 Å². The van der Waals surface area contributed by atoms with Crippen LogP contribution in [-0.2, 0) is 4.79 Å². The lowest BCUT2D eigenvalue weighted by Gasteiger charge is -2.10. The molecule has 2 aromatic carbocycles. The fourth-order valence-corrected chi connectivity index (χ4v) is 2.23. The van der Waals surface area contributed by atoms with Crippen LogP contribution < -0.4 is 10.6 Å². The fourth-order valence-electron chi connectivity index (χ4n) is 2.23.